The van der Waals surface area contributed by atoms with Gasteiger partial charge in [0.1, 0.15) is 11.4 Å². The smallest absolute Gasteiger partial charge is 0.289 e. The normalized spacial score (nSPS) is 11.0. The zero-order valence-electron chi connectivity index (χ0n) is 17.3. The molecular formula is C22H24N4O4. The summed E-state index contributed by atoms with van der Waals surface area (Å²) in [7, 11) is 3.12. The molecule has 0 aliphatic heterocycles. The Bertz CT molecular complexity index is 1030. The molecule has 8 nitrogen and oxygen atoms in total. The molecule has 1 aromatic heterocycles. The lowest BCUT2D eigenvalue weighted by molar-refractivity contribution is 0.0950. The minimum absolute atomic E-state index is 0.107. The Morgan fingerprint density at radius 1 is 1.07 bits per heavy atom. The number of amides is 1. The highest BCUT2D eigenvalue weighted by atomic mass is 16.5. The van der Waals surface area contributed by atoms with Crippen LogP contribution < -0.4 is 19.6 Å². The van der Waals surface area contributed by atoms with E-state index in [0.717, 1.165) is 16.9 Å². The summed E-state index contributed by atoms with van der Waals surface area (Å²) < 4.78 is 16.1. The summed E-state index contributed by atoms with van der Waals surface area (Å²) >= 11 is 0. The number of hydrogen-bond acceptors (Lipinski definition) is 6. The average molecular weight is 408 g/mol. The summed E-state index contributed by atoms with van der Waals surface area (Å²) in [6, 6.07) is 14.5. The van der Waals surface area contributed by atoms with Crippen molar-refractivity contribution in [3.05, 3.63) is 59.8 Å². The highest BCUT2D eigenvalue weighted by Crippen LogP contribution is 2.27. The zero-order chi connectivity index (χ0) is 21.5. The maximum absolute atomic E-state index is 12.3. The second-order valence-electron chi connectivity index (χ2n) is 6.67. The number of H-pyrrole nitrogens is 1. The average Bonchev–Trinajstić information content (AvgIpc) is 3.24. The van der Waals surface area contributed by atoms with Crippen molar-refractivity contribution in [3.63, 3.8) is 0 Å². The Labute approximate surface area is 174 Å². The van der Waals surface area contributed by atoms with Crippen molar-refractivity contribution in [2.24, 2.45) is 5.10 Å². The fraction of sp³-hybridized carbons (Fsp3) is 0.227. The van der Waals surface area contributed by atoms with Crippen molar-refractivity contribution >= 4 is 12.1 Å². The fourth-order valence-electron chi connectivity index (χ4n) is 2.72. The van der Waals surface area contributed by atoms with E-state index in [9.17, 15) is 4.79 Å². The highest BCUT2D eigenvalue weighted by molar-refractivity contribution is 5.94. The quantitative estimate of drug-likeness (QED) is 0.438. The number of carbonyl (C=O) groups is 1. The van der Waals surface area contributed by atoms with E-state index in [2.05, 4.69) is 20.7 Å². The molecule has 0 saturated heterocycles. The summed E-state index contributed by atoms with van der Waals surface area (Å²) in [5.41, 5.74) is 5.05. The first-order valence-electron chi connectivity index (χ1n) is 9.38. The van der Waals surface area contributed by atoms with Crippen LogP contribution in [0.15, 0.2) is 53.6 Å². The number of ether oxygens (including phenoxy) is 3. The molecule has 1 amide bonds. The molecule has 0 bridgehead atoms. The van der Waals surface area contributed by atoms with Gasteiger partial charge in [-0.1, -0.05) is 0 Å². The van der Waals surface area contributed by atoms with E-state index >= 15 is 0 Å². The first-order chi connectivity index (χ1) is 14.5. The number of nitrogens with zero attached hydrogens (tertiary/aromatic N) is 2. The van der Waals surface area contributed by atoms with E-state index in [1.165, 1.54) is 6.21 Å². The second kappa shape index (κ2) is 9.60. The lowest BCUT2D eigenvalue weighted by Crippen LogP contribution is -2.18. The van der Waals surface area contributed by atoms with Gasteiger partial charge in [0.2, 0.25) is 0 Å². The zero-order valence-corrected chi connectivity index (χ0v) is 17.3. The number of rotatable bonds is 8. The highest BCUT2D eigenvalue weighted by Gasteiger charge is 2.11. The van der Waals surface area contributed by atoms with Crippen LogP contribution in [-0.4, -0.2) is 42.6 Å². The van der Waals surface area contributed by atoms with Crippen LogP contribution in [0, 0.1) is 0 Å². The van der Waals surface area contributed by atoms with E-state index in [4.69, 9.17) is 14.2 Å². The van der Waals surface area contributed by atoms with Crippen molar-refractivity contribution in [2.45, 2.75) is 20.0 Å². The maximum atomic E-state index is 12.3. The molecule has 0 radical (unpaired) electrons. The number of nitrogens with one attached hydrogen (secondary N) is 2. The molecule has 3 rings (SSSR count). The van der Waals surface area contributed by atoms with Crippen molar-refractivity contribution < 1.29 is 19.0 Å². The molecular weight excluding hydrogens is 384 g/mol. The Kier molecular flexibility index (Phi) is 6.69. The van der Waals surface area contributed by atoms with E-state index in [1.54, 1.807) is 38.5 Å². The third-order valence-electron chi connectivity index (χ3n) is 4.13. The Morgan fingerprint density at radius 3 is 2.47 bits per heavy atom. The van der Waals surface area contributed by atoms with Crippen LogP contribution in [-0.2, 0) is 0 Å². The molecule has 30 heavy (non-hydrogen) atoms. The van der Waals surface area contributed by atoms with E-state index in [0.29, 0.717) is 22.9 Å². The molecule has 0 aliphatic carbocycles. The largest absolute Gasteiger partial charge is 0.493 e. The Morgan fingerprint density at radius 2 is 1.80 bits per heavy atom. The number of hydrogen-bond donors (Lipinski definition) is 2. The monoisotopic (exact) mass is 408 g/mol. The van der Waals surface area contributed by atoms with Crippen molar-refractivity contribution in [2.75, 3.05) is 14.2 Å². The molecule has 3 aromatic rings. The van der Waals surface area contributed by atoms with Gasteiger partial charge in [0.15, 0.2) is 11.5 Å². The van der Waals surface area contributed by atoms with Crippen LogP contribution in [0.25, 0.3) is 11.3 Å². The predicted octanol–water partition coefficient (Wildman–Crippen LogP) is 3.65. The molecule has 2 N–H and O–H groups in total. The van der Waals surface area contributed by atoms with Crippen LogP contribution in [0.5, 0.6) is 17.2 Å². The minimum Gasteiger partial charge on any atom is -0.493 e. The van der Waals surface area contributed by atoms with Gasteiger partial charge in [-0.05, 0) is 67.9 Å². The first kappa shape index (κ1) is 20.9. The van der Waals surface area contributed by atoms with Crippen LogP contribution in [0.2, 0.25) is 0 Å². The third-order valence-corrected chi connectivity index (χ3v) is 4.13. The molecule has 0 spiro atoms. The second-order valence-corrected chi connectivity index (χ2v) is 6.67. The summed E-state index contributed by atoms with van der Waals surface area (Å²) in [4.78, 5) is 12.3. The fourth-order valence-corrected chi connectivity index (χ4v) is 2.72. The molecule has 156 valence electrons. The van der Waals surface area contributed by atoms with E-state index in [1.807, 2.05) is 38.1 Å². The topological polar surface area (TPSA) is 97.8 Å². The van der Waals surface area contributed by atoms with Crippen LogP contribution in [0.4, 0.5) is 0 Å². The van der Waals surface area contributed by atoms with Gasteiger partial charge in [-0.25, -0.2) is 5.43 Å². The van der Waals surface area contributed by atoms with Gasteiger partial charge >= 0.3 is 0 Å². The standard InChI is InChI=1S/C22H24N4O4/c1-14(2)30-17-8-6-16(7-9-17)18-12-19(25-24-18)22(27)26-23-13-15-5-10-20(28-3)21(11-15)29-4/h5-14H,1-4H3,(H,24,25)(H,26,27). The molecule has 1 heterocycles. The van der Waals surface area contributed by atoms with Gasteiger partial charge < -0.3 is 14.2 Å². The van der Waals surface area contributed by atoms with Gasteiger partial charge in [0.05, 0.1) is 32.2 Å². The molecule has 0 atom stereocenters. The Hall–Kier alpha value is -3.81. The minimum atomic E-state index is -0.398. The Balaban J connectivity index is 1.63. The number of aromatic nitrogens is 2. The van der Waals surface area contributed by atoms with Crippen LogP contribution in [0.1, 0.15) is 29.9 Å². The molecule has 0 aliphatic rings. The molecule has 0 saturated carbocycles. The molecule has 0 unspecified atom stereocenters. The third kappa shape index (κ3) is 5.16. The van der Waals surface area contributed by atoms with Crippen LogP contribution in [0.3, 0.4) is 0 Å². The predicted molar refractivity (Wildman–Crippen MR) is 114 cm³/mol. The SMILES string of the molecule is COc1ccc(C=NNC(=O)c2cc(-c3ccc(OC(C)C)cc3)n[nH]2)cc1OC. The molecule has 0 fully saturated rings. The number of hydrazone groups is 1. The number of methoxy groups -OCH3 is 2. The van der Waals surface area contributed by atoms with Gasteiger partial charge in [0, 0.05) is 5.56 Å². The van der Waals surface area contributed by atoms with Gasteiger partial charge in [-0.2, -0.15) is 10.2 Å². The summed E-state index contributed by atoms with van der Waals surface area (Å²) in [6.07, 6.45) is 1.63. The van der Waals surface area contributed by atoms with Crippen LogP contribution >= 0.6 is 0 Å². The van der Waals surface area contributed by atoms with Gasteiger partial charge in [-0.3, -0.25) is 9.89 Å². The van der Waals surface area contributed by atoms with E-state index in [-0.39, 0.29) is 6.10 Å². The van der Waals surface area contributed by atoms with Crippen molar-refractivity contribution in [1.82, 2.24) is 15.6 Å². The molecule has 8 heteroatoms. The molecule has 2 aromatic carbocycles. The van der Waals surface area contributed by atoms with Crippen molar-refractivity contribution in [3.8, 4) is 28.5 Å². The number of carbonyl (C=O) groups excluding carboxylic acids is 1. The summed E-state index contributed by atoms with van der Waals surface area (Å²) in [5, 5.41) is 10.9. The maximum Gasteiger partial charge on any atom is 0.289 e. The lowest BCUT2D eigenvalue weighted by Gasteiger charge is -2.09. The van der Waals surface area contributed by atoms with Gasteiger partial charge in [0.25, 0.3) is 5.91 Å². The lowest BCUT2D eigenvalue weighted by atomic mass is 10.1. The summed E-state index contributed by atoms with van der Waals surface area (Å²) in [6.45, 7) is 3.94. The first-order valence-corrected chi connectivity index (χ1v) is 9.38. The number of benzene rings is 2. The summed E-state index contributed by atoms with van der Waals surface area (Å²) in [5.74, 6) is 1.58. The number of aromatic amines is 1. The van der Waals surface area contributed by atoms with Gasteiger partial charge in [-0.15, -0.1) is 0 Å². The van der Waals surface area contributed by atoms with Crippen molar-refractivity contribution in [1.29, 1.82) is 0 Å². The van der Waals surface area contributed by atoms with E-state index < -0.39 is 5.91 Å².